The summed E-state index contributed by atoms with van der Waals surface area (Å²) >= 11 is 0. The Labute approximate surface area is 311 Å². The minimum atomic E-state index is -1.26. The number of carbonyl (C=O) groups is 1. The molecule has 0 saturated heterocycles. The molecule has 11 nitrogen and oxygen atoms in total. The molecule has 282 valence electrons. The lowest BCUT2D eigenvalue weighted by atomic mass is 9.83. The topological polar surface area (TPSA) is 154 Å². The van der Waals surface area contributed by atoms with E-state index in [1.54, 1.807) is 13.1 Å². The number of esters is 1. The maximum atomic E-state index is 13.8. The minimum Gasteiger partial charge on any atom is -0.451 e. The van der Waals surface area contributed by atoms with Crippen LogP contribution in [0.5, 0.6) is 0 Å². The molecule has 5 N–H and O–H groups in total. The zero-order valence-corrected chi connectivity index (χ0v) is 30.6. The van der Waals surface area contributed by atoms with Crippen molar-refractivity contribution >= 4 is 16.9 Å². The average Bonchev–Trinajstić information content (AvgIpc) is 3.83. The number of hydrogen-bond acceptors (Lipinski definition) is 9. The number of aliphatic hydroxyl groups is 1. The molecule has 3 aromatic carbocycles. The van der Waals surface area contributed by atoms with E-state index in [1.165, 1.54) is 0 Å². The molecule has 0 amide bonds. The van der Waals surface area contributed by atoms with Crippen LogP contribution in [0.25, 0.3) is 10.9 Å². The van der Waals surface area contributed by atoms with Crippen LogP contribution < -0.4 is 5.73 Å². The van der Waals surface area contributed by atoms with Gasteiger partial charge in [-0.1, -0.05) is 98.1 Å². The van der Waals surface area contributed by atoms with Gasteiger partial charge in [0.15, 0.2) is 6.10 Å². The second kappa shape index (κ2) is 19.1. The number of benzene rings is 3. The monoisotopic (exact) mass is 724 g/mol. The Morgan fingerprint density at radius 1 is 0.755 bits per heavy atom. The van der Waals surface area contributed by atoms with E-state index in [1.807, 2.05) is 98.0 Å². The highest BCUT2D eigenvalue weighted by Crippen LogP contribution is 2.37. The summed E-state index contributed by atoms with van der Waals surface area (Å²) in [5.74, 6) is -0.660. The van der Waals surface area contributed by atoms with Gasteiger partial charge in [0.2, 0.25) is 5.82 Å². The number of hydrogen-bond donors (Lipinski definition) is 4. The van der Waals surface area contributed by atoms with Gasteiger partial charge in [0.25, 0.3) is 0 Å². The van der Waals surface area contributed by atoms with Crippen LogP contribution in [-0.2, 0) is 36.9 Å². The Morgan fingerprint density at radius 2 is 1.38 bits per heavy atom. The van der Waals surface area contributed by atoms with E-state index in [-0.39, 0.29) is 19.0 Å². The van der Waals surface area contributed by atoms with Gasteiger partial charge in [-0.15, -0.1) is 0 Å². The number of nitrogens with one attached hydrogen (secondary N) is 2. The molecular weight excluding hydrogens is 672 g/mol. The Balaban J connectivity index is 1.36. The number of H-pyrrole nitrogens is 2. The van der Waals surface area contributed by atoms with Crippen molar-refractivity contribution in [2.24, 2.45) is 5.73 Å². The Hall–Kier alpha value is -4.36. The van der Waals surface area contributed by atoms with E-state index < -0.39 is 48.7 Å². The molecular formula is C42H52N4O7. The highest BCUT2D eigenvalue weighted by molar-refractivity contribution is 5.85. The normalized spacial score (nSPS) is 22.2. The number of imidazole rings is 1. The molecule has 1 aliphatic carbocycles. The van der Waals surface area contributed by atoms with Crippen LogP contribution in [0.3, 0.4) is 0 Å². The lowest BCUT2D eigenvalue weighted by Crippen LogP contribution is -2.67. The number of rotatable bonds is 19. The number of nitrogens with zero attached hydrogens (tertiary/aromatic N) is 1. The first-order valence-corrected chi connectivity index (χ1v) is 18.7. The summed E-state index contributed by atoms with van der Waals surface area (Å²) in [5, 5.41) is 13.4. The van der Waals surface area contributed by atoms with Gasteiger partial charge >= 0.3 is 5.97 Å². The smallest absolute Gasteiger partial charge is 0.374 e. The molecule has 0 bridgehead atoms. The van der Waals surface area contributed by atoms with E-state index in [0.717, 1.165) is 59.7 Å². The Morgan fingerprint density at radius 3 is 2.04 bits per heavy atom. The second-order valence-electron chi connectivity index (χ2n) is 13.7. The number of carbonyl (C=O) groups excluding carboxylic acids is 1. The number of nitrogens with two attached hydrogens (primary N) is 1. The fourth-order valence-corrected chi connectivity index (χ4v) is 6.97. The van der Waals surface area contributed by atoms with E-state index in [4.69, 9.17) is 29.4 Å². The number of aliphatic hydroxyl groups excluding tert-OH is 1. The average molecular weight is 725 g/mol. The number of fused-ring (bicyclic) bond motifs is 1. The zero-order valence-electron chi connectivity index (χ0n) is 30.6. The first-order valence-electron chi connectivity index (χ1n) is 18.7. The fraction of sp³-hybridized carbons (Fsp3) is 0.429. The minimum absolute atomic E-state index is 0.0389. The van der Waals surface area contributed by atoms with E-state index in [9.17, 15) is 9.90 Å². The largest absolute Gasteiger partial charge is 0.451 e. The highest BCUT2D eigenvalue weighted by Gasteiger charge is 2.55. The number of para-hydroxylation sites is 1. The Kier molecular flexibility index (Phi) is 13.8. The highest BCUT2D eigenvalue weighted by atomic mass is 16.6. The van der Waals surface area contributed by atoms with Gasteiger partial charge in [-0.2, -0.15) is 0 Å². The molecule has 1 aliphatic rings. The third-order valence-corrected chi connectivity index (χ3v) is 9.76. The van der Waals surface area contributed by atoms with Crippen LogP contribution >= 0.6 is 0 Å². The predicted octanol–water partition coefficient (Wildman–Crippen LogP) is 6.71. The number of unbranched alkanes of at least 4 members (excludes halogenated alkanes) is 4. The lowest BCUT2D eigenvalue weighted by molar-refractivity contribution is -0.275. The summed E-state index contributed by atoms with van der Waals surface area (Å²) in [6.07, 6.45) is 1.82. The molecule has 2 aromatic heterocycles. The van der Waals surface area contributed by atoms with Crippen LogP contribution in [0.2, 0.25) is 0 Å². The standard InChI is InChI=1S/C42H52N4O7/c1-28-24-45-41(46-28)42(48)53-40-37(52-29(2)33-25-44-34-21-13-12-20-32(33)34)35(47)36(49-23-15-5-3-4-14-22-43)38(50-26-30-16-8-6-9-17-30)39(40)51-27-31-18-10-7-11-19-31/h6-13,16-21,24-25,29,35-40,44,47H,3-5,14-15,22-23,26-27,43H2,1-2H3,(H,45,46). The molecule has 0 spiro atoms. The number of aromatic amines is 2. The number of ether oxygens (including phenoxy) is 5. The fourth-order valence-electron chi connectivity index (χ4n) is 6.97. The van der Waals surface area contributed by atoms with Crippen molar-refractivity contribution in [2.45, 2.75) is 102 Å². The van der Waals surface area contributed by atoms with Crippen molar-refractivity contribution in [1.82, 2.24) is 15.0 Å². The van der Waals surface area contributed by atoms with E-state index in [2.05, 4.69) is 15.0 Å². The van der Waals surface area contributed by atoms with Gasteiger partial charge in [-0.3, -0.25) is 0 Å². The van der Waals surface area contributed by atoms with Crippen LogP contribution in [0.4, 0.5) is 0 Å². The molecule has 53 heavy (non-hydrogen) atoms. The van der Waals surface area contributed by atoms with Crippen molar-refractivity contribution in [2.75, 3.05) is 13.2 Å². The van der Waals surface area contributed by atoms with Crippen molar-refractivity contribution < 1.29 is 33.6 Å². The first-order chi connectivity index (χ1) is 25.9. The lowest BCUT2D eigenvalue weighted by Gasteiger charge is -2.48. The number of aryl methyl sites for hydroxylation is 1. The zero-order chi connectivity index (χ0) is 37.0. The van der Waals surface area contributed by atoms with Gasteiger partial charge in [0.05, 0.1) is 25.0 Å². The predicted molar refractivity (Wildman–Crippen MR) is 202 cm³/mol. The molecule has 11 heteroatoms. The van der Waals surface area contributed by atoms with Crippen LogP contribution in [0, 0.1) is 6.92 Å². The van der Waals surface area contributed by atoms with E-state index >= 15 is 0 Å². The van der Waals surface area contributed by atoms with Crippen LogP contribution in [0.15, 0.2) is 97.3 Å². The van der Waals surface area contributed by atoms with Crippen LogP contribution in [0.1, 0.15) is 78.1 Å². The van der Waals surface area contributed by atoms with Gasteiger partial charge in [0, 0.05) is 35.5 Å². The summed E-state index contributed by atoms with van der Waals surface area (Å²) in [7, 11) is 0. The second-order valence-corrected chi connectivity index (χ2v) is 13.7. The van der Waals surface area contributed by atoms with Gasteiger partial charge < -0.3 is 44.5 Å². The van der Waals surface area contributed by atoms with Gasteiger partial charge in [-0.05, 0) is 50.4 Å². The van der Waals surface area contributed by atoms with Gasteiger partial charge in [-0.25, -0.2) is 9.78 Å². The molecule has 6 rings (SSSR count). The van der Waals surface area contributed by atoms with Crippen molar-refractivity contribution in [3.8, 4) is 0 Å². The van der Waals surface area contributed by atoms with E-state index in [0.29, 0.717) is 18.8 Å². The third kappa shape index (κ3) is 10.00. The molecule has 2 heterocycles. The van der Waals surface area contributed by atoms with Crippen molar-refractivity contribution in [3.63, 3.8) is 0 Å². The quantitative estimate of drug-likeness (QED) is 0.0538. The molecule has 7 atom stereocenters. The molecule has 0 aliphatic heterocycles. The first kappa shape index (κ1) is 38.4. The molecule has 0 radical (unpaired) electrons. The van der Waals surface area contributed by atoms with Crippen LogP contribution in [-0.4, -0.2) is 75.8 Å². The Bertz CT molecular complexity index is 1830. The molecule has 1 saturated carbocycles. The summed E-state index contributed by atoms with van der Waals surface area (Å²) in [6.45, 7) is 5.19. The SMILES string of the molecule is Cc1c[nH]c(C(=O)OC2C(OC(C)c3c[nH]c4ccccc34)C(O)C(OCCCCCCCN)C(OCc3ccccc3)C2OCc2ccccc2)n1. The maximum absolute atomic E-state index is 13.8. The molecule has 7 unspecified atom stereocenters. The summed E-state index contributed by atoms with van der Waals surface area (Å²) in [5.41, 5.74) is 10.1. The molecule has 5 aromatic rings. The third-order valence-electron chi connectivity index (χ3n) is 9.76. The maximum Gasteiger partial charge on any atom is 0.374 e. The summed E-state index contributed by atoms with van der Waals surface area (Å²) in [6, 6.07) is 27.5. The van der Waals surface area contributed by atoms with Crippen molar-refractivity contribution in [3.05, 3.63) is 126 Å². The number of aromatic nitrogens is 3. The summed E-state index contributed by atoms with van der Waals surface area (Å²) < 4.78 is 33.1. The summed E-state index contributed by atoms with van der Waals surface area (Å²) in [4.78, 5) is 24.3. The molecule has 1 fully saturated rings. The van der Waals surface area contributed by atoms with Gasteiger partial charge in [0.1, 0.15) is 30.5 Å². The van der Waals surface area contributed by atoms with Crippen molar-refractivity contribution in [1.29, 1.82) is 0 Å².